The smallest absolute Gasteiger partial charge is 0.0821 e. The average Bonchev–Trinajstić information content (AvgIpc) is 2.46. The molecule has 0 heterocycles. The first-order valence-electron chi connectivity index (χ1n) is 6.22. The van der Waals surface area contributed by atoms with Crippen molar-refractivity contribution >= 4 is 22.0 Å². The van der Waals surface area contributed by atoms with Gasteiger partial charge in [-0.2, -0.15) is 5.26 Å². The molecule has 0 fully saturated rings. The molecular weight excluding hydrogens is 298 g/mol. The van der Waals surface area contributed by atoms with Gasteiger partial charge >= 0.3 is 0 Å². The lowest BCUT2D eigenvalue weighted by Gasteiger charge is -2.25. The van der Waals surface area contributed by atoms with Gasteiger partial charge in [0.25, 0.3) is 0 Å². The Labute approximate surface area is 121 Å². The van der Waals surface area contributed by atoms with E-state index in [2.05, 4.69) is 52.4 Å². The first-order chi connectivity index (χ1) is 9.29. The summed E-state index contributed by atoms with van der Waals surface area (Å²) in [5, 5.41) is 9.54. The second kappa shape index (κ2) is 5.03. The minimum absolute atomic E-state index is 0.115. The molecule has 19 heavy (non-hydrogen) atoms. The van der Waals surface area contributed by atoms with Crippen LogP contribution in [0.25, 0.3) is 6.08 Å². The number of allylic oxidation sites excluding steroid dienone is 1. The third-order valence-electron chi connectivity index (χ3n) is 3.55. The summed E-state index contributed by atoms with van der Waals surface area (Å²) >= 11 is 3.48. The molecule has 1 nitrogen and oxygen atoms in total. The Kier molecular flexibility index (Phi) is 3.23. The van der Waals surface area contributed by atoms with Crippen LogP contribution in [0, 0.1) is 11.3 Å². The second-order valence-corrected chi connectivity index (χ2v) is 5.59. The van der Waals surface area contributed by atoms with Crippen molar-refractivity contribution in [1.29, 1.82) is 5.26 Å². The predicted molar refractivity (Wildman–Crippen MR) is 80.7 cm³/mol. The molecule has 0 radical (unpaired) electrons. The van der Waals surface area contributed by atoms with E-state index in [0.717, 1.165) is 15.6 Å². The number of hydrogen-bond donors (Lipinski definition) is 0. The Hall–Kier alpha value is -1.85. The van der Waals surface area contributed by atoms with Crippen LogP contribution in [-0.4, -0.2) is 0 Å². The van der Waals surface area contributed by atoms with Gasteiger partial charge < -0.3 is 0 Å². The Morgan fingerprint density at radius 3 is 2.58 bits per heavy atom. The molecule has 0 spiro atoms. The van der Waals surface area contributed by atoms with Gasteiger partial charge in [-0.1, -0.05) is 64.5 Å². The van der Waals surface area contributed by atoms with Crippen LogP contribution < -0.4 is 0 Å². The molecule has 0 N–H and O–H groups in total. The van der Waals surface area contributed by atoms with E-state index >= 15 is 0 Å². The van der Waals surface area contributed by atoms with Gasteiger partial charge in [-0.3, -0.25) is 0 Å². The largest absolute Gasteiger partial charge is 0.198 e. The van der Waals surface area contributed by atoms with Crippen LogP contribution in [-0.2, 0) is 0 Å². The summed E-state index contributed by atoms with van der Waals surface area (Å²) in [4.78, 5) is 0. The normalized spacial score (nSPS) is 20.6. The van der Waals surface area contributed by atoms with E-state index < -0.39 is 0 Å². The Bertz CT molecular complexity index is 667. The molecule has 2 aromatic carbocycles. The zero-order valence-electron chi connectivity index (χ0n) is 10.3. The minimum atomic E-state index is -0.115. The molecule has 0 bridgehead atoms. The minimum Gasteiger partial charge on any atom is -0.198 e. The first kappa shape index (κ1) is 12.2. The molecule has 0 saturated heterocycles. The quantitative estimate of drug-likeness (QED) is 0.737. The van der Waals surface area contributed by atoms with Crippen molar-refractivity contribution in [2.75, 3.05) is 0 Å². The van der Waals surface area contributed by atoms with Gasteiger partial charge in [0.05, 0.1) is 12.0 Å². The molecular formula is C17H12BrN. The lowest BCUT2D eigenvalue weighted by atomic mass is 9.77. The van der Waals surface area contributed by atoms with Crippen molar-refractivity contribution in [2.24, 2.45) is 0 Å². The average molecular weight is 310 g/mol. The number of fused-ring (bicyclic) bond motifs is 1. The molecule has 0 saturated carbocycles. The monoisotopic (exact) mass is 309 g/mol. The highest BCUT2D eigenvalue weighted by molar-refractivity contribution is 9.10. The van der Waals surface area contributed by atoms with Gasteiger partial charge in [-0.25, -0.2) is 0 Å². The van der Waals surface area contributed by atoms with Crippen molar-refractivity contribution < 1.29 is 0 Å². The molecule has 1 aliphatic rings. The van der Waals surface area contributed by atoms with Crippen LogP contribution in [0.2, 0.25) is 0 Å². The summed E-state index contributed by atoms with van der Waals surface area (Å²) in [5.41, 5.74) is 3.44. The van der Waals surface area contributed by atoms with Gasteiger partial charge in [-0.15, -0.1) is 0 Å². The molecule has 92 valence electrons. The van der Waals surface area contributed by atoms with Crippen molar-refractivity contribution in [3.63, 3.8) is 0 Å². The predicted octanol–water partition coefficient (Wildman–Crippen LogP) is 4.87. The standard InChI is InChI=1S/C17H12BrN/c18-14-7-9-16-13(10-14)6-8-15(17(16)11-19)12-4-2-1-3-5-12/h1-10,15,17H/t15-,17+/m1/s1. The van der Waals surface area contributed by atoms with E-state index in [1.54, 1.807) is 0 Å². The molecule has 3 rings (SSSR count). The number of halogens is 1. The van der Waals surface area contributed by atoms with Crippen molar-refractivity contribution in [1.82, 2.24) is 0 Å². The van der Waals surface area contributed by atoms with Crippen LogP contribution >= 0.6 is 15.9 Å². The van der Waals surface area contributed by atoms with Gasteiger partial charge in [0.2, 0.25) is 0 Å². The van der Waals surface area contributed by atoms with Gasteiger partial charge in [0, 0.05) is 10.4 Å². The Balaban J connectivity index is 2.09. The number of nitrogens with zero attached hydrogens (tertiary/aromatic N) is 1. The fourth-order valence-corrected chi connectivity index (χ4v) is 2.99. The maximum Gasteiger partial charge on any atom is 0.0821 e. The van der Waals surface area contributed by atoms with Crippen LogP contribution in [0.4, 0.5) is 0 Å². The lowest BCUT2D eigenvalue weighted by molar-refractivity contribution is 0.741. The second-order valence-electron chi connectivity index (χ2n) is 4.68. The summed E-state index contributed by atoms with van der Waals surface area (Å²) in [6, 6.07) is 18.8. The fourth-order valence-electron chi connectivity index (χ4n) is 2.61. The van der Waals surface area contributed by atoms with Gasteiger partial charge in [-0.05, 0) is 28.8 Å². The summed E-state index contributed by atoms with van der Waals surface area (Å²) < 4.78 is 1.05. The number of nitriles is 1. The highest BCUT2D eigenvalue weighted by Crippen LogP contribution is 2.40. The van der Waals surface area contributed by atoms with E-state index in [1.807, 2.05) is 30.3 Å². The molecule has 0 unspecified atom stereocenters. The zero-order valence-corrected chi connectivity index (χ0v) is 11.8. The van der Waals surface area contributed by atoms with Crippen molar-refractivity contribution in [2.45, 2.75) is 11.8 Å². The summed E-state index contributed by atoms with van der Waals surface area (Å²) in [6.45, 7) is 0. The molecule has 2 heteroatoms. The van der Waals surface area contributed by atoms with Crippen LogP contribution in [0.5, 0.6) is 0 Å². The van der Waals surface area contributed by atoms with Crippen molar-refractivity contribution in [3.05, 3.63) is 75.8 Å². The highest BCUT2D eigenvalue weighted by atomic mass is 79.9. The van der Waals surface area contributed by atoms with E-state index in [0.29, 0.717) is 0 Å². The molecule has 0 aliphatic heterocycles. The summed E-state index contributed by atoms with van der Waals surface area (Å²) in [7, 11) is 0. The third-order valence-corrected chi connectivity index (χ3v) is 4.04. The maximum absolute atomic E-state index is 9.54. The molecule has 0 aromatic heterocycles. The Morgan fingerprint density at radius 2 is 1.84 bits per heavy atom. The van der Waals surface area contributed by atoms with E-state index in [-0.39, 0.29) is 11.8 Å². The molecule has 1 aliphatic carbocycles. The Morgan fingerprint density at radius 1 is 1.05 bits per heavy atom. The summed E-state index contributed by atoms with van der Waals surface area (Å²) in [6.07, 6.45) is 4.25. The first-order valence-corrected chi connectivity index (χ1v) is 7.01. The maximum atomic E-state index is 9.54. The number of benzene rings is 2. The zero-order chi connectivity index (χ0) is 13.2. The molecule has 2 aromatic rings. The summed E-state index contributed by atoms with van der Waals surface area (Å²) in [5.74, 6) is 0.0235. The molecule has 0 amide bonds. The topological polar surface area (TPSA) is 23.8 Å². The molecule has 2 atom stereocenters. The van der Waals surface area contributed by atoms with E-state index in [1.165, 1.54) is 5.56 Å². The highest BCUT2D eigenvalue weighted by Gasteiger charge is 2.27. The third kappa shape index (κ3) is 2.22. The van der Waals surface area contributed by atoms with Crippen LogP contribution in [0.3, 0.4) is 0 Å². The number of rotatable bonds is 1. The number of hydrogen-bond acceptors (Lipinski definition) is 1. The van der Waals surface area contributed by atoms with Gasteiger partial charge in [0.15, 0.2) is 0 Å². The van der Waals surface area contributed by atoms with Crippen LogP contribution in [0.15, 0.2) is 59.1 Å². The fraction of sp³-hybridized carbons (Fsp3) is 0.118. The van der Waals surface area contributed by atoms with Crippen LogP contribution in [0.1, 0.15) is 28.5 Å². The van der Waals surface area contributed by atoms with Crippen molar-refractivity contribution in [3.8, 4) is 6.07 Å². The van der Waals surface area contributed by atoms with E-state index in [9.17, 15) is 5.26 Å². The van der Waals surface area contributed by atoms with E-state index in [4.69, 9.17) is 0 Å². The SMILES string of the molecule is N#C[C@@H]1c2ccc(Br)cc2C=C[C@@H]1c1ccccc1. The van der Waals surface area contributed by atoms with Gasteiger partial charge in [0.1, 0.15) is 0 Å². The lowest BCUT2D eigenvalue weighted by Crippen LogP contribution is -2.12.